The van der Waals surface area contributed by atoms with Crippen molar-refractivity contribution in [2.24, 2.45) is 0 Å². The van der Waals surface area contributed by atoms with E-state index in [0.29, 0.717) is 6.42 Å². The zero-order valence-corrected chi connectivity index (χ0v) is 12.2. The van der Waals surface area contributed by atoms with Crippen LogP contribution in [0.4, 0.5) is 0 Å². The average Bonchev–Trinajstić information content (AvgIpc) is 2.62. The third-order valence-electron chi connectivity index (χ3n) is 3.70. The van der Waals surface area contributed by atoms with Gasteiger partial charge in [0.1, 0.15) is 0 Å². The fourth-order valence-corrected chi connectivity index (χ4v) is 2.48. The maximum atomic E-state index is 9.40. The molecule has 0 aliphatic heterocycles. The third kappa shape index (κ3) is 3.21. The summed E-state index contributed by atoms with van der Waals surface area (Å²) in [6.07, 6.45) is 2.51. The van der Waals surface area contributed by atoms with Crippen molar-refractivity contribution in [2.75, 3.05) is 0 Å². The van der Waals surface area contributed by atoms with Gasteiger partial charge in [0.2, 0.25) is 0 Å². The van der Waals surface area contributed by atoms with Gasteiger partial charge in [0, 0.05) is 23.9 Å². The molecule has 2 heteroatoms. The van der Waals surface area contributed by atoms with Crippen molar-refractivity contribution >= 4 is 0 Å². The number of hydrogen-bond acceptors (Lipinski definition) is 2. The lowest BCUT2D eigenvalue weighted by Gasteiger charge is -2.09. The van der Waals surface area contributed by atoms with Gasteiger partial charge in [0.05, 0.1) is 12.0 Å². The number of rotatable bonds is 4. The second kappa shape index (κ2) is 6.69. The Morgan fingerprint density at radius 1 is 0.818 bits per heavy atom. The first-order chi connectivity index (χ1) is 10.9. The van der Waals surface area contributed by atoms with Gasteiger partial charge in [-0.3, -0.25) is 4.98 Å². The summed E-state index contributed by atoms with van der Waals surface area (Å²) in [6, 6.07) is 26.5. The molecule has 2 nitrogen and oxygen atoms in total. The first-order valence-electron chi connectivity index (χ1n) is 7.32. The molecule has 106 valence electrons. The highest BCUT2D eigenvalue weighted by atomic mass is 14.7. The van der Waals surface area contributed by atoms with E-state index in [1.807, 2.05) is 60.8 Å². The highest BCUT2D eigenvalue weighted by molar-refractivity contribution is 5.62. The van der Waals surface area contributed by atoms with Crippen LogP contribution in [0.15, 0.2) is 79.0 Å². The van der Waals surface area contributed by atoms with Crippen molar-refractivity contribution in [3.63, 3.8) is 0 Å². The number of pyridine rings is 1. The van der Waals surface area contributed by atoms with E-state index < -0.39 is 0 Å². The van der Waals surface area contributed by atoms with Crippen molar-refractivity contribution in [3.8, 4) is 17.2 Å². The summed E-state index contributed by atoms with van der Waals surface area (Å²) in [5, 5.41) is 9.40. The van der Waals surface area contributed by atoms with Gasteiger partial charge in [-0.2, -0.15) is 5.26 Å². The molecule has 0 radical (unpaired) electrons. The van der Waals surface area contributed by atoms with Crippen molar-refractivity contribution in [1.29, 1.82) is 5.26 Å². The number of nitrogens with zero attached hydrogens (tertiary/aromatic N) is 2. The minimum Gasteiger partial charge on any atom is -0.261 e. The Balaban J connectivity index is 1.78. The van der Waals surface area contributed by atoms with Crippen LogP contribution < -0.4 is 0 Å². The molecule has 1 unspecified atom stereocenters. The quantitative estimate of drug-likeness (QED) is 0.702. The number of hydrogen-bond donors (Lipinski definition) is 0. The minimum atomic E-state index is -0.156. The van der Waals surface area contributed by atoms with E-state index in [0.717, 1.165) is 22.4 Å². The van der Waals surface area contributed by atoms with Gasteiger partial charge in [-0.05, 0) is 17.2 Å². The molecule has 1 aromatic heterocycles. The monoisotopic (exact) mass is 284 g/mol. The van der Waals surface area contributed by atoms with Gasteiger partial charge in [-0.15, -0.1) is 0 Å². The Morgan fingerprint density at radius 3 is 2.09 bits per heavy atom. The molecule has 1 heterocycles. The molecular weight excluding hydrogens is 268 g/mol. The molecule has 0 saturated heterocycles. The molecule has 0 spiro atoms. The Labute approximate surface area is 130 Å². The van der Waals surface area contributed by atoms with Crippen LogP contribution in [0.3, 0.4) is 0 Å². The standard InChI is InChI=1S/C20H16N2/c21-14-19(17-9-5-2-6-10-17)13-20-12-11-18(15-22-20)16-7-3-1-4-8-16/h1-12,15,19H,13H2. The third-order valence-corrected chi connectivity index (χ3v) is 3.70. The highest BCUT2D eigenvalue weighted by Gasteiger charge is 2.12. The molecule has 0 aliphatic rings. The number of benzene rings is 2. The number of nitriles is 1. The molecular formula is C20H16N2. The second-order valence-corrected chi connectivity index (χ2v) is 5.20. The predicted octanol–water partition coefficient (Wildman–Crippen LogP) is 4.60. The maximum Gasteiger partial charge on any atom is 0.0768 e. The zero-order chi connectivity index (χ0) is 15.2. The molecule has 0 aliphatic carbocycles. The summed E-state index contributed by atoms with van der Waals surface area (Å²) in [7, 11) is 0. The van der Waals surface area contributed by atoms with E-state index >= 15 is 0 Å². The summed E-state index contributed by atoms with van der Waals surface area (Å²) >= 11 is 0. The van der Waals surface area contributed by atoms with E-state index in [1.165, 1.54) is 0 Å². The average molecular weight is 284 g/mol. The zero-order valence-electron chi connectivity index (χ0n) is 12.2. The van der Waals surface area contributed by atoms with Crippen LogP contribution in [-0.4, -0.2) is 4.98 Å². The fraction of sp³-hybridized carbons (Fsp3) is 0.100. The van der Waals surface area contributed by atoms with Gasteiger partial charge in [-0.1, -0.05) is 66.7 Å². The maximum absolute atomic E-state index is 9.40. The van der Waals surface area contributed by atoms with Crippen LogP contribution in [0, 0.1) is 11.3 Å². The van der Waals surface area contributed by atoms with Crippen molar-refractivity contribution in [3.05, 3.63) is 90.3 Å². The predicted molar refractivity (Wildman–Crippen MR) is 88.2 cm³/mol. The SMILES string of the molecule is N#CC(Cc1ccc(-c2ccccc2)cn1)c1ccccc1. The highest BCUT2D eigenvalue weighted by Crippen LogP contribution is 2.22. The van der Waals surface area contributed by atoms with Gasteiger partial charge < -0.3 is 0 Å². The summed E-state index contributed by atoms with van der Waals surface area (Å²) in [4.78, 5) is 4.52. The molecule has 0 N–H and O–H groups in total. The summed E-state index contributed by atoms with van der Waals surface area (Å²) in [6.45, 7) is 0. The smallest absolute Gasteiger partial charge is 0.0768 e. The second-order valence-electron chi connectivity index (χ2n) is 5.20. The Bertz CT molecular complexity index is 756. The van der Waals surface area contributed by atoms with E-state index in [2.05, 4.69) is 29.3 Å². The van der Waals surface area contributed by atoms with Gasteiger partial charge >= 0.3 is 0 Å². The van der Waals surface area contributed by atoms with Crippen molar-refractivity contribution in [2.45, 2.75) is 12.3 Å². The molecule has 0 saturated carbocycles. The lowest BCUT2D eigenvalue weighted by Crippen LogP contribution is -2.02. The fourth-order valence-electron chi connectivity index (χ4n) is 2.48. The molecule has 0 bridgehead atoms. The Kier molecular flexibility index (Phi) is 4.27. The largest absolute Gasteiger partial charge is 0.261 e. The molecule has 0 amide bonds. The summed E-state index contributed by atoms with van der Waals surface area (Å²) in [5.74, 6) is -0.156. The van der Waals surface area contributed by atoms with Crippen LogP contribution >= 0.6 is 0 Å². The first-order valence-corrected chi connectivity index (χ1v) is 7.32. The Hall–Kier alpha value is -2.92. The van der Waals surface area contributed by atoms with Crippen LogP contribution in [0.1, 0.15) is 17.2 Å². The van der Waals surface area contributed by atoms with Crippen LogP contribution in [-0.2, 0) is 6.42 Å². The van der Waals surface area contributed by atoms with Gasteiger partial charge in [0.15, 0.2) is 0 Å². The van der Waals surface area contributed by atoms with E-state index in [4.69, 9.17) is 0 Å². The first kappa shape index (κ1) is 14.0. The van der Waals surface area contributed by atoms with Crippen LogP contribution in [0.2, 0.25) is 0 Å². The molecule has 1 atom stereocenters. The van der Waals surface area contributed by atoms with Crippen molar-refractivity contribution in [1.82, 2.24) is 4.98 Å². The lowest BCUT2D eigenvalue weighted by molar-refractivity contribution is 0.822. The minimum absolute atomic E-state index is 0.156. The molecule has 3 aromatic rings. The number of aromatic nitrogens is 1. The molecule has 0 fully saturated rings. The normalized spacial score (nSPS) is 11.6. The van der Waals surface area contributed by atoms with Gasteiger partial charge in [0.25, 0.3) is 0 Å². The lowest BCUT2D eigenvalue weighted by atomic mass is 9.95. The van der Waals surface area contributed by atoms with Crippen LogP contribution in [0.25, 0.3) is 11.1 Å². The molecule has 3 rings (SSSR count). The molecule has 2 aromatic carbocycles. The summed E-state index contributed by atoms with van der Waals surface area (Å²) in [5.41, 5.74) is 4.23. The van der Waals surface area contributed by atoms with E-state index in [-0.39, 0.29) is 5.92 Å². The topological polar surface area (TPSA) is 36.7 Å². The Morgan fingerprint density at radius 2 is 1.50 bits per heavy atom. The van der Waals surface area contributed by atoms with E-state index in [9.17, 15) is 5.26 Å². The summed E-state index contributed by atoms with van der Waals surface area (Å²) < 4.78 is 0. The van der Waals surface area contributed by atoms with E-state index in [1.54, 1.807) is 0 Å². The van der Waals surface area contributed by atoms with Gasteiger partial charge in [-0.25, -0.2) is 0 Å². The molecule has 22 heavy (non-hydrogen) atoms. The van der Waals surface area contributed by atoms with Crippen molar-refractivity contribution < 1.29 is 0 Å². The van der Waals surface area contributed by atoms with Crippen LogP contribution in [0.5, 0.6) is 0 Å².